The van der Waals surface area contributed by atoms with Crippen LogP contribution in [0.2, 0.25) is 5.28 Å². The number of rotatable bonds is 7. The van der Waals surface area contributed by atoms with Crippen LogP contribution in [0.3, 0.4) is 0 Å². The van der Waals surface area contributed by atoms with Crippen LogP contribution in [0.15, 0.2) is 54.7 Å². The first-order valence-electron chi connectivity index (χ1n) is 18.2. The van der Waals surface area contributed by atoms with Gasteiger partial charge in [0.1, 0.15) is 29.1 Å². The van der Waals surface area contributed by atoms with Crippen LogP contribution in [-0.4, -0.2) is 107 Å². The number of likely N-dealkylation sites (N-methyl/N-ethyl adjacent to an activating group) is 2. The molecule has 2 atom stereocenters. The third-order valence-corrected chi connectivity index (χ3v) is 8.28. The average Bonchev–Trinajstić information content (AvgIpc) is 3.15. The van der Waals surface area contributed by atoms with E-state index in [9.17, 15) is 19.2 Å². The molecule has 0 bridgehead atoms. The number of nitrogens with one attached hydrogen (secondary N) is 2. The lowest BCUT2D eigenvalue weighted by atomic mass is 10.1. The summed E-state index contributed by atoms with van der Waals surface area (Å²) in [6.07, 6.45) is 5.81. The van der Waals surface area contributed by atoms with Crippen LogP contribution in [-0.2, 0) is 23.8 Å². The first-order chi connectivity index (χ1) is 26.7. The van der Waals surface area contributed by atoms with Crippen molar-refractivity contribution in [1.29, 1.82) is 0 Å². The topological polar surface area (TPSA) is 156 Å². The monoisotopic (exact) mass is 801 g/mol. The van der Waals surface area contributed by atoms with Crippen molar-refractivity contribution in [3.05, 3.63) is 76.7 Å². The van der Waals surface area contributed by atoms with Crippen LogP contribution in [0.25, 0.3) is 0 Å². The minimum absolute atomic E-state index is 0.159. The summed E-state index contributed by atoms with van der Waals surface area (Å²) in [5.41, 5.74) is 1.91. The van der Waals surface area contributed by atoms with Gasteiger partial charge in [-0.05, 0) is 103 Å². The summed E-state index contributed by atoms with van der Waals surface area (Å²) in [5.74, 6) is 8.73. The highest BCUT2D eigenvalue weighted by atomic mass is 35.5. The van der Waals surface area contributed by atoms with E-state index in [0.29, 0.717) is 60.2 Å². The zero-order chi connectivity index (χ0) is 42.5. The van der Waals surface area contributed by atoms with Gasteiger partial charge in [0, 0.05) is 55.9 Å². The fraction of sp³-hybridized carbons (Fsp3) is 0.429. The van der Waals surface area contributed by atoms with Crippen LogP contribution in [0.4, 0.5) is 26.8 Å². The molecular formula is C42H52ClN7O7. The second kappa shape index (κ2) is 20.4. The summed E-state index contributed by atoms with van der Waals surface area (Å²) in [6, 6.07) is 12.7. The molecule has 2 aromatic carbocycles. The molecule has 0 aliphatic carbocycles. The number of aromatic nitrogens is 2. The number of amides is 4. The fourth-order valence-electron chi connectivity index (χ4n) is 4.79. The van der Waals surface area contributed by atoms with Crippen LogP contribution in [0.5, 0.6) is 0 Å². The summed E-state index contributed by atoms with van der Waals surface area (Å²) in [7, 11) is 3.05. The molecule has 1 aromatic heterocycles. The number of nitrogens with zero attached hydrogens (tertiary/aromatic N) is 5. The third-order valence-electron chi connectivity index (χ3n) is 8.10. The fourth-order valence-corrected chi connectivity index (χ4v) is 4.92. The second-order valence-corrected chi connectivity index (χ2v) is 15.4. The van der Waals surface area contributed by atoms with Crippen molar-refractivity contribution >= 4 is 52.8 Å². The molecule has 15 heteroatoms. The van der Waals surface area contributed by atoms with Gasteiger partial charge in [-0.2, -0.15) is 4.98 Å². The molecule has 304 valence electrons. The van der Waals surface area contributed by atoms with E-state index >= 15 is 0 Å². The molecule has 57 heavy (non-hydrogen) atoms. The number of hydrogen-bond acceptors (Lipinski definition) is 10. The van der Waals surface area contributed by atoms with E-state index < -0.39 is 35.5 Å². The lowest BCUT2D eigenvalue weighted by Crippen LogP contribution is -2.45. The van der Waals surface area contributed by atoms with Crippen molar-refractivity contribution in [2.45, 2.75) is 78.7 Å². The highest BCUT2D eigenvalue weighted by Gasteiger charge is 2.28. The Balaban J connectivity index is 0.000000341. The maximum Gasteiger partial charge on any atom is 0.410 e. The van der Waals surface area contributed by atoms with Crippen LogP contribution < -0.4 is 15.5 Å². The van der Waals surface area contributed by atoms with Gasteiger partial charge in [-0.25, -0.2) is 14.6 Å². The van der Waals surface area contributed by atoms with Gasteiger partial charge in [0.05, 0.1) is 18.8 Å². The minimum atomic E-state index is -0.734. The van der Waals surface area contributed by atoms with Crippen molar-refractivity contribution in [2.75, 3.05) is 55.9 Å². The highest BCUT2D eigenvalue weighted by Crippen LogP contribution is 2.21. The minimum Gasteiger partial charge on any atom is -0.444 e. The summed E-state index contributed by atoms with van der Waals surface area (Å²) >= 11 is 6.02. The lowest BCUT2D eigenvalue weighted by molar-refractivity contribution is -0.120. The smallest absolute Gasteiger partial charge is 0.410 e. The number of carbonyl (C=O) groups is 4. The van der Waals surface area contributed by atoms with Crippen LogP contribution >= 0.6 is 11.6 Å². The SMILES string of the molecule is C#Cc1cccc(NC(=O)[C@H](C)N(C)C(=O)OC(C)(C)C)c1.C[C@@H](C(=O)Nc1cccc(C#Cc2cnc(Cl)nc2N2CCOCC2)c1)N(C)C(=O)OC(C)(C)C. The Morgan fingerprint density at radius 3 is 1.77 bits per heavy atom. The largest absolute Gasteiger partial charge is 0.444 e. The third kappa shape index (κ3) is 15.0. The Morgan fingerprint density at radius 2 is 1.30 bits per heavy atom. The Kier molecular flexibility index (Phi) is 16.3. The molecule has 1 fully saturated rings. The van der Waals surface area contributed by atoms with Crippen molar-refractivity contribution < 1.29 is 33.4 Å². The zero-order valence-corrected chi connectivity index (χ0v) is 35.0. The molecule has 1 aliphatic heterocycles. The van der Waals surface area contributed by atoms with E-state index in [1.807, 2.05) is 6.07 Å². The molecule has 4 rings (SSSR count). The standard InChI is InChI=1S/C25H30ClN5O4.C17H22N2O3/c1-17(30(5)24(33)35-25(2,3)4)22(32)28-20-8-6-7-18(15-20)9-10-19-16-27-23(26)29-21(19)31-11-13-34-14-12-31;1-7-13-9-8-10-14(11-13)18-15(20)12(2)19(6)16(21)22-17(3,4)5/h6-8,15-17H,11-14H2,1-5H3,(H,28,32);1,8-12H,2-6H3,(H,18,20)/t17-;12-/m00/s1. The number of benzene rings is 2. The van der Waals surface area contributed by atoms with Crippen LogP contribution in [0.1, 0.15) is 72.1 Å². The highest BCUT2D eigenvalue weighted by molar-refractivity contribution is 6.28. The van der Waals surface area contributed by atoms with E-state index in [1.165, 1.54) is 23.9 Å². The number of ether oxygens (including phenoxy) is 3. The summed E-state index contributed by atoms with van der Waals surface area (Å²) in [6.45, 7) is 16.5. The number of terminal acetylenes is 1. The number of morpholine rings is 1. The lowest BCUT2D eigenvalue weighted by Gasteiger charge is -2.28. The predicted octanol–water partition coefficient (Wildman–Crippen LogP) is 6.42. The van der Waals surface area contributed by atoms with Crippen molar-refractivity contribution in [3.8, 4) is 24.2 Å². The van der Waals surface area contributed by atoms with Gasteiger partial charge in [0.2, 0.25) is 17.1 Å². The molecular weight excluding hydrogens is 750 g/mol. The normalized spacial score (nSPS) is 13.5. The molecule has 14 nitrogen and oxygen atoms in total. The molecule has 0 unspecified atom stereocenters. The Bertz CT molecular complexity index is 2000. The van der Waals surface area contributed by atoms with Crippen molar-refractivity contribution in [2.24, 2.45) is 0 Å². The van der Waals surface area contributed by atoms with Gasteiger partial charge in [-0.3, -0.25) is 19.4 Å². The zero-order valence-electron chi connectivity index (χ0n) is 34.2. The Labute approximate surface area is 340 Å². The van der Waals surface area contributed by atoms with E-state index in [1.54, 1.807) is 104 Å². The average molecular weight is 802 g/mol. The Hall–Kier alpha value is -5.83. The molecule has 0 radical (unpaired) electrons. The van der Waals surface area contributed by atoms with Crippen LogP contribution in [0, 0.1) is 24.2 Å². The first kappa shape index (κ1) is 45.6. The summed E-state index contributed by atoms with van der Waals surface area (Å²) in [5, 5.41) is 5.72. The maximum absolute atomic E-state index is 12.7. The number of halogens is 1. The summed E-state index contributed by atoms with van der Waals surface area (Å²) in [4.78, 5) is 62.2. The van der Waals surface area contributed by atoms with Gasteiger partial charge >= 0.3 is 12.2 Å². The van der Waals surface area contributed by atoms with Crippen molar-refractivity contribution in [3.63, 3.8) is 0 Å². The number of carbonyl (C=O) groups excluding carboxylic acids is 4. The second-order valence-electron chi connectivity index (χ2n) is 15.0. The van der Waals surface area contributed by atoms with Gasteiger partial charge in [0.15, 0.2) is 0 Å². The maximum atomic E-state index is 12.7. The number of hydrogen-bond donors (Lipinski definition) is 2. The molecule has 4 amide bonds. The molecule has 2 N–H and O–H groups in total. The first-order valence-corrected chi connectivity index (χ1v) is 18.6. The van der Waals surface area contributed by atoms with Crippen molar-refractivity contribution in [1.82, 2.24) is 19.8 Å². The molecule has 3 aromatic rings. The van der Waals surface area contributed by atoms with Gasteiger partial charge in [-0.1, -0.05) is 29.9 Å². The molecule has 0 saturated carbocycles. The Morgan fingerprint density at radius 1 is 0.825 bits per heavy atom. The molecule has 2 heterocycles. The number of anilines is 3. The van der Waals surface area contributed by atoms with Gasteiger partial charge in [0.25, 0.3) is 0 Å². The molecule has 1 saturated heterocycles. The van der Waals surface area contributed by atoms with E-state index in [2.05, 4.69) is 43.3 Å². The van der Waals surface area contributed by atoms with Gasteiger partial charge in [-0.15, -0.1) is 6.42 Å². The molecule has 1 aliphatic rings. The van der Waals surface area contributed by atoms with E-state index in [-0.39, 0.29) is 17.1 Å². The molecule has 0 spiro atoms. The van der Waals surface area contributed by atoms with E-state index in [0.717, 1.165) is 0 Å². The summed E-state index contributed by atoms with van der Waals surface area (Å²) < 4.78 is 16.0. The van der Waals surface area contributed by atoms with E-state index in [4.69, 9.17) is 32.2 Å². The quantitative estimate of drug-likeness (QED) is 0.202. The predicted molar refractivity (Wildman–Crippen MR) is 221 cm³/mol. The van der Waals surface area contributed by atoms with Gasteiger partial charge < -0.3 is 29.7 Å².